The minimum atomic E-state index is -1.17. The van der Waals surface area contributed by atoms with Gasteiger partial charge in [-0.05, 0) is 36.6 Å². The first kappa shape index (κ1) is 15.3. The summed E-state index contributed by atoms with van der Waals surface area (Å²) in [7, 11) is 0. The van der Waals surface area contributed by atoms with Crippen LogP contribution in [0, 0.1) is 5.82 Å². The van der Waals surface area contributed by atoms with Crippen LogP contribution in [0.5, 0.6) is 5.75 Å². The third kappa shape index (κ3) is 4.44. The number of carbonyl (C=O) groups excluding carboxylic acids is 1. The molecular formula is C12H14FNO4S. The van der Waals surface area contributed by atoms with Crippen molar-refractivity contribution in [2.75, 3.05) is 12.0 Å². The van der Waals surface area contributed by atoms with Gasteiger partial charge in [0, 0.05) is 0 Å². The average Bonchev–Trinajstić information content (AvgIpc) is 2.36. The third-order valence-corrected chi connectivity index (χ3v) is 3.06. The van der Waals surface area contributed by atoms with Gasteiger partial charge < -0.3 is 15.5 Å². The van der Waals surface area contributed by atoms with Gasteiger partial charge in [0.1, 0.15) is 17.6 Å². The van der Waals surface area contributed by atoms with Crippen molar-refractivity contribution in [2.45, 2.75) is 12.5 Å². The zero-order valence-electron chi connectivity index (χ0n) is 10.2. The van der Waals surface area contributed by atoms with Gasteiger partial charge in [0.2, 0.25) is 0 Å². The molecule has 0 saturated carbocycles. The Kier molecular flexibility index (Phi) is 5.62. The lowest BCUT2D eigenvalue weighted by Gasteiger charge is -2.14. The van der Waals surface area contributed by atoms with Crippen LogP contribution in [-0.4, -0.2) is 40.1 Å². The second-order valence-electron chi connectivity index (χ2n) is 3.81. The molecule has 0 saturated heterocycles. The second-order valence-corrected chi connectivity index (χ2v) is 4.79. The van der Waals surface area contributed by atoms with Gasteiger partial charge in [-0.3, -0.25) is 4.79 Å². The summed E-state index contributed by atoms with van der Waals surface area (Å²) < 4.78 is 13.0. The van der Waals surface area contributed by atoms with Crippen molar-refractivity contribution in [3.63, 3.8) is 0 Å². The Morgan fingerprint density at radius 3 is 2.74 bits per heavy atom. The number of rotatable bonds is 6. The van der Waals surface area contributed by atoms with Crippen LogP contribution < -0.4 is 5.32 Å². The number of amides is 1. The van der Waals surface area contributed by atoms with Gasteiger partial charge in [-0.15, -0.1) is 0 Å². The van der Waals surface area contributed by atoms with Gasteiger partial charge in [0.15, 0.2) is 0 Å². The zero-order chi connectivity index (χ0) is 14.4. The number of carbonyl (C=O) groups is 2. The van der Waals surface area contributed by atoms with E-state index in [-0.39, 0.29) is 12.0 Å². The van der Waals surface area contributed by atoms with E-state index in [1.165, 1.54) is 11.8 Å². The maximum atomic E-state index is 13.0. The number of aliphatic carboxylic acids is 1. The van der Waals surface area contributed by atoms with Crippen LogP contribution in [-0.2, 0) is 4.79 Å². The summed E-state index contributed by atoms with van der Waals surface area (Å²) in [5, 5.41) is 20.7. The van der Waals surface area contributed by atoms with Crippen LogP contribution in [0.25, 0.3) is 0 Å². The SMILES string of the molecule is CSCC[C@@H](NC(=O)c1cc(F)ccc1O)C(=O)O. The number of carboxylic acid groups (broad SMARTS) is 1. The van der Waals surface area contributed by atoms with E-state index in [0.29, 0.717) is 5.75 Å². The predicted molar refractivity (Wildman–Crippen MR) is 70.0 cm³/mol. The van der Waals surface area contributed by atoms with E-state index in [4.69, 9.17) is 5.11 Å². The highest BCUT2D eigenvalue weighted by Gasteiger charge is 2.21. The number of hydrogen-bond acceptors (Lipinski definition) is 4. The van der Waals surface area contributed by atoms with Crippen LogP contribution >= 0.6 is 11.8 Å². The van der Waals surface area contributed by atoms with Gasteiger partial charge in [0.05, 0.1) is 5.56 Å². The highest BCUT2D eigenvalue weighted by Crippen LogP contribution is 2.18. The average molecular weight is 287 g/mol. The number of carboxylic acids is 1. The largest absolute Gasteiger partial charge is 0.507 e. The fourth-order valence-corrected chi connectivity index (χ4v) is 1.89. The molecule has 5 nitrogen and oxygen atoms in total. The Hall–Kier alpha value is -1.76. The second kappa shape index (κ2) is 6.98. The number of phenols is 1. The van der Waals surface area contributed by atoms with E-state index in [1.807, 2.05) is 6.26 Å². The molecule has 0 unspecified atom stereocenters. The molecule has 0 heterocycles. The molecule has 0 radical (unpaired) electrons. The van der Waals surface area contributed by atoms with E-state index in [1.54, 1.807) is 0 Å². The predicted octanol–water partition coefficient (Wildman–Crippen LogP) is 1.47. The Bertz CT molecular complexity index is 481. The minimum absolute atomic E-state index is 0.248. The van der Waals surface area contributed by atoms with Crippen molar-refractivity contribution in [1.29, 1.82) is 0 Å². The van der Waals surface area contributed by atoms with Crippen molar-refractivity contribution in [2.24, 2.45) is 0 Å². The summed E-state index contributed by atoms with van der Waals surface area (Å²) in [6, 6.07) is 1.84. The van der Waals surface area contributed by atoms with Crippen molar-refractivity contribution >= 4 is 23.6 Å². The summed E-state index contributed by atoms with van der Waals surface area (Å²) in [6.45, 7) is 0. The number of hydrogen-bond donors (Lipinski definition) is 3. The van der Waals surface area contributed by atoms with E-state index in [0.717, 1.165) is 18.2 Å². The lowest BCUT2D eigenvalue weighted by atomic mass is 10.1. The monoisotopic (exact) mass is 287 g/mol. The molecule has 3 N–H and O–H groups in total. The summed E-state index contributed by atoms with van der Waals surface area (Å²) in [4.78, 5) is 22.8. The normalized spacial score (nSPS) is 11.9. The topological polar surface area (TPSA) is 86.6 Å². The van der Waals surface area contributed by atoms with Gasteiger partial charge >= 0.3 is 5.97 Å². The molecule has 1 atom stereocenters. The van der Waals surface area contributed by atoms with Crippen LogP contribution in [0.3, 0.4) is 0 Å². The Labute approximate surface area is 113 Å². The lowest BCUT2D eigenvalue weighted by molar-refractivity contribution is -0.139. The molecule has 1 amide bonds. The fourth-order valence-electron chi connectivity index (χ4n) is 1.42. The van der Waals surface area contributed by atoms with Crippen LogP contribution in [0.1, 0.15) is 16.8 Å². The smallest absolute Gasteiger partial charge is 0.326 e. The minimum Gasteiger partial charge on any atom is -0.507 e. The van der Waals surface area contributed by atoms with Gasteiger partial charge in [-0.25, -0.2) is 9.18 Å². The molecule has 1 aromatic rings. The van der Waals surface area contributed by atoms with Crippen molar-refractivity contribution in [3.05, 3.63) is 29.6 Å². The van der Waals surface area contributed by atoms with Gasteiger partial charge in [-0.1, -0.05) is 0 Å². The Balaban J connectivity index is 2.81. The highest BCUT2D eigenvalue weighted by atomic mass is 32.2. The first-order valence-corrected chi connectivity index (χ1v) is 6.86. The molecule has 19 heavy (non-hydrogen) atoms. The van der Waals surface area contributed by atoms with Gasteiger partial charge in [0.25, 0.3) is 5.91 Å². The zero-order valence-corrected chi connectivity index (χ0v) is 11.0. The molecule has 1 aromatic carbocycles. The molecule has 0 aliphatic rings. The summed E-state index contributed by atoms with van der Waals surface area (Å²) in [6.07, 6.45) is 2.07. The van der Waals surface area contributed by atoms with Crippen molar-refractivity contribution in [3.8, 4) is 5.75 Å². The first-order valence-electron chi connectivity index (χ1n) is 5.46. The van der Waals surface area contributed by atoms with Crippen molar-refractivity contribution in [1.82, 2.24) is 5.32 Å². The maximum Gasteiger partial charge on any atom is 0.326 e. The molecule has 104 valence electrons. The summed E-state index contributed by atoms with van der Waals surface area (Å²) in [5.74, 6) is -2.50. The molecule has 1 rings (SSSR count). The summed E-state index contributed by atoms with van der Waals surface area (Å²) in [5.41, 5.74) is -0.282. The number of nitrogens with one attached hydrogen (secondary N) is 1. The lowest BCUT2D eigenvalue weighted by Crippen LogP contribution is -2.41. The maximum absolute atomic E-state index is 13.0. The molecule has 0 bridgehead atoms. The van der Waals surface area contributed by atoms with E-state index >= 15 is 0 Å². The van der Waals surface area contributed by atoms with Gasteiger partial charge in [-0.2, -0.15) is 11.8 Å². The number of halogens is 1. The highest BCUT2D eigenvalue weighted by molar-refractivity contribution is 7.98. The molecule has 7 heteroatoms. The molecule has 0 fully saturated rings. The number of phenolic OH excluding ortho intramolecular Hbond substituents is 1. The third-order valence-electron chi connectivity index (χ3n) is 2.42. The van der Waals surface area contributed by atoms with Crippen LogP contribution in [0.2, 0.25) is 0 Å². The van der Waals surface area contributed by atoms with E-state index in [2.05, 4.69) is 5.32 Å². The molecule has 0 aliphatic carbocycles. The fraction of sp³-hybridized carbons (Fsp3) is 0.333. The molecule has 0 aliphatic heterocycles. The Morgan fingerprint density at radius 1 is 1.47 bits per heavy atom. The first-order chi connectivity index (χ1) is 8.95. The standard InChI is InChI=1S/C12H14FNO4S/c1-19-5-4-9(12(17)18)14-11(16)8-6-7(13)2-3-10(8)15/h2-3,6,9,15H,4-5H2,1H3,(H,14,16)(H,17,18)/t9-/m1/s1. The van der Waals surface area contributed by atoms with Crippen LogP contribution in [0.15, 0.2) is 18.2 Å². The molecular weight excluding hydrogens is 273 g/mol. The molecule has 0 aromatic heterocycles. The quantitative estimate of drug-likeness (QED) is 0.737. The number of thioether (sulfide) groups is 1. The van der Waals surface area contributed by atoms with Crippen LogP contribution in [0.4, 0.5) is 4.39 Å². The van der Waals surface area contributed by atoms with Crippen molar-refractivity contribution < 1.29 is 24.2 Å². The molecule has 0 spiro atoms. The number of aromatic hydroxyl groups is 1. The Morgan fingerprint density at radius 2 is 2.16 bits per heavy atom. The van der Waals surface area contributed by atoms with E-state index < -0.39 is 29.5 Å². The summed E-state index contributed by atoms with van der Waals surface area (Å²) >= 11 is 1.45. The van der Waals surface area contributed by atoms with E-state index in [9.17, 15) is 19.1 Å². The number of benzene rings is 1.